The molecule has 0 amide bonds. The fourth-order valence-corrected chi connectivity index (χ4v) is 0.490. The molecule has 0 heterocycles. The number of hydrogen-bond acceptors (Lipinski definition) is 5. The van der Waals surface area contributed by atoms with Crippen LogP contribution in [0.5, 0.6) is 0 Å². The van der Waals surface area contributed by atoms with Crippen molar-refractivity contribution in [1.29, 1.82) is 0 Å². The Hall–Kier alpha value is -0.720. The van der Waals surface area contributed by atoms with E-state index in [1.54, 1.807) is 0 Å². The van der Waals surface area contributed by atoms with Gasteiger partial charge in [-0.3, -0.25) is 10.1 Å². The van der Waals surface area contributed by atoms with E-state index < -0.39 is 22.9 Å². The van der Waals surface area contributed by atoms with Gasteiger partial charge >= 0.3 is 5.91 Å². The third-order valence-corrected chi connectivity index (χ3v) is 1.60. The maximum atomic E-state index is 9.96. The predicted molar refractivity (Wildman–Crippen MR) is 35.0 cm³/mol. The minimum Gasteiger partial charge on any atom is -0.393 e. The van der Waals surface area contributed by atoms with Gasteiger partial charge in [0.1, 0.15) is 5.92 Å². The second kappa shape index (κ2) is 3.12. The lowest BCUT2D eigenvalue weighted by molar-refractivity contribution is -0.696. The van der Waals surface area contributed by atoms with Crippen LogP contribution in [0.1, 0.15) is 13.8 Å². The molecule has 0 saturated heterocycles. The van der Waals surface area contributed by atoms with Crippen molar-refractivity contribution in [2.45, 2.75) is 25.9 Å². The average Bonchev–Trinajstić information content (AvgIpc) is 1.85. The second-order valence-electron chi connectivity index (χ2n) is 2.47. The zero-order valence-corrected chi connectivity index (χ0v) is 6.26. The molecular weight excluding hydrogens is 154 g/mol. The maximum absolute atomic E-state index is 9.96. The Bertz CT molecular complexity index is 155. The molecule has 0 aromatic heterocycles. The van der Waals surface area contributed by atoms with Crippen LogP contribution in [0.3, 0.4) is 0 Å². The summed E-state index contributed by atoms with van der Waals surface area (Å²) in [6.07, 6.45) is -1.14. The lowest BCUT2D eigenvalue weighted by atomic mass is 10.0. The number of rotatable bonds is 3. The standard InChI is InChI=1S/C5H11NO5/c1-3(4(2)7)5(8,9)6(10)11/h3-4,7-9H,1-2H3. The van der Waals surface area contributed by atoms with Crippen molar-refractivity contribution in [3.05, 3.63) is 10.1 Å². The minimum atomic E-state index is -3.05. The Kier molecular flexibility index (Phi) is 2.92. The highest BCUT2D eigenvalue weighted by Crippen LogP contribution is 2.17. The summed E-state index contributed by atoms with van der Waals surface area (Å²) < 4.78 is 0. The topological polar surface area (TPSA) is 104 Å². The average molecular weight is 165 g/mol. The SMILES string of the molecule is CC(O)C(C)C(O)(O)[N+](=O)[O-]. The van der Waals surface area contributed by atoms with Crippen LogP contribution < -0.4 is 0 Å². The molecule has 6 heteroatoms. The first-order valence-electron chi connectivity index (χ1n) is 3.07. The van der Waals surface area contributed by atoms with Crippen LogP contribution in [0.15, 0.2) is 0 Å². The molecule has 0 aliphatic rings. The van der Waals surface area contributed by atoms with E-state index in [4.69, 9.17) is 15.3 Å². The Morgan fingerprint density at radius 1 is 1.45 bits per heavy atom. The van der Waals surface area contributed by atoms with Crippen molar-refractivity contribution in [1.82, 2.24) is 0 Å². The molecule has 6 nitrogen and oxygen atoms in total. The molecule has 0 rings (SSSR count). The summed E-state index contributed by atoms with van der Waals surface area (Å²) in [4.78, 5) is 8.72. The van der Waals surface area contributed by atoms with Gasteiger partial charge in [0.15, 0.2) is 0 Å². The van der Waals surface area contributed by atoms with Gasteiger partial charge in [-0.15, -0.1) is 0 Å². The van der Waals surface area contributed by atoms with Crippen molar-refractivity contribution < 1.29 is 20.2 Å². The van der Waals surface area contributed by atoms with E-state index in [0.717, 1.165) is 0 Å². The van der Waals surface area contributed by atoms with Gasteiger partial charge in [-0.25, -0.2) is 0 Å². The lowest BCUT2D eigenvalue weighted by Gasteiger charge is -2.21. The van der Waals surface area contributed by atoms with E-state index in [1.807, 2.05) is 0 Å². The van der Waals surface area contributed by atoms with Crippen LogP contribution in [0.25, 0.3) is 0 Å². The van der Waals surface area contributed by atoms with Crippen molar-refractivity contribution in [3.63, 3.8) is 0 Å². The van der Waals surface area contributed by atoms with E-state index in [9.17, 15) is 10.1 Å². The first kappa shape index (κ1) is 10.3. The summed E-state index contributed by atoms with van der Waals surface area (Å²) >= 11 is 0. The number of nitrogens with zero attached hydrogens (tertiary/aromatic N) is 1. The normalized spacial score (nSPS) is 17.5. The summed E-state index contributed by atoms with van der Waals surface area (Å²) in [7, 11) is 0. The summed E-state index contributed by atoms with van der Waals surface area (Å²) in [5.41, 5.74) is 0. The zero-order valence-electron chi connectivity index (χ0n) is 6.26. The van der Waals surface area contributed by atoms with Crippen LogP contribution >= 0.6 is 0 Å². The Labute approximate surface area is 63.2 Å². The highest BCUT2D eigenvalue weighted by Gasteiger charge is 2.46. The van der Waals surface area contributed by atoms with Crippen LogP contribution in [-0.2, 0) is 0 Å². The molecule has 66 valence electrons. The van der Waals surface area contributed by atoms with E-state index in [2.05, 4.69) is 0 Å². The second-order valence-corrected chi connectivity index (χ2v) is 2.47. The maximum Gasteiger partial charge on any atom is 0.442 e. The summed E-state index contributed by atoms with van der Waals surface area (Å²) in [6, 6.07) is 0. The van der Waals surface area contributed by atoms with Crippen LogP contribution in [0.2, 0.25) is 0 Å². The molecule has 3 N–H and O–H groups in total. The van der Waals surface area contributed by atoms with E-state index in [1.165, 1.54) is 13.8 Å². The molecule has 0 aromatic rings. The highest BCUT2D eigenvalue weighted by molar-refractivity contribution is 4.66. The van der Waals surface area contributed by atoms with E-state index in [-0.39, 0.29) is 0 Å². The Morgan fingerprint density at radius 2 is 1.82 bits per heavy atom. The minimum absolute atomic E-state index is 1.14. The van der Waals surface area contributed by atoms with Gasteiger partial charge in [0.25, 0.3) is 0 Å². The van der Waals surface area contributed by atoms with Crippen molar-refractivity contribution in [2.75, 3.05) is 0 Å². The zero-order chi connectivity index (χ0) is 9.23. The first-order valence-corrected chi connectivity index (χ1v) is 3.07. The molecule has 0 spiro atoms. The highest BCUT2D eigenvalue weighted by atomic mass is 16.7. The number of aliphatic hydroxyl groups is 3. The van der Waals surface area contributed by atoms with Gasteiger partial charge in [0.2, 0.25) is 0 Å². The van der Waals surface area contributed by atoms with Gasteiger partial charge in [0.05, 0.1) is 11.0 Å². The third-order valence-electron chi connectivity index (χ3n) is 1.60. The molecule has 0 aliphatic carbocycles. The van der Waals surface area contributed by atoms with Crippen molar-refractivity contribution in [2.24, 2.45) is 5.92 Å². The van der Waals surface area contributed by atoms with Crippen molar-refractivity contribution in [3.8, 4) is 0 Å². The number of nitro groups is 1. The Balaban J connectivity index is 4.42. The number of aliphatic hydroxyl groups excluding tert-OH is 1. The van der Waals surface area contributed by atoms with Crippen molar-refractivity contribution >= 4 is 0 Å². The fourth-order valence-electron chi connectivity index (χ4n) is 0.490. The molecule has 2 unspecified atom stereocenters. The van der Waals surface area contributed by atoms with Crippen LogP contribution in [0, 0.1) is 16.0 Å². The lowest BCUT2D eigenvalue weighted by Crippen LogP contribution is -2.48. The third kappa shape index (κ3) is 2.11. The number of hydrogen-bond donors (Lipinski definition) is 3. The first-order chi connectivity index (χ1) is 4.80. The quantitative estimate of drug-likeness (QED) is 0.280. The summed E-state index contributed by atoms with van der Waals surface area (Å²) in [5, 5.41) is 36.2. The monoisotopic (exact) mass is 165 g/mol. The van der Waals surface area contributed by atoms with E-state index >= 15 is 0 Å². The predicted octanol–water partition coefficient (Wildman–Crippen LogP) is -1.08. The molecular formula is C5H11NO5. The largest absolute Gasteiger partial charge is 0.442 e. The van der Waals surface area contributed by atoms with Gasteiger partial charge in [-0.2, -0.15) is 0 Å². The van der Waals surface area contributed by atoms with Crippen LogP contribution in [0.4, 0.5) is 0 Å². The molecule has 11 heavy (non-hydrogen) atoms. The van der Waals surface area contributed by atoms with Gasteiger partial charge < -0.3 is 15.3 Å². The molecule has 0 saturated carbocycles. The Morgan fingerprint density at radius 3 is 1.91 bits per heavy atom. The van der Waals surface area contributed by atoms with Gasteiger partial charge in [-0.05, 0) is 13.8 Å². The molecule has 0 bridgehead atoms. The molecule has 2 atom stereocenters. The molecule has 0 fully saturated rings. The van der Waals surface area contributed by atoms with Gasteiger partial charge in [-0.1, -0.05) is 0 Å². The molecule has 0 aromatic carbocycles. The summed E-state index contributed by atoms with van der Waals surface area (Å²) in [6.45, 7) is 2.42. The van der Waals surface area contributed by atoms with Gasteiger partial charge in [0, 0.05) is 0 Å². The fraction of sp³-hybridized carbons (Fsp3) is 1.00. The van der Waals surface area contributed by atoms with E-state index in [0.29, 0.717) is 0 Å². The summed E-state index contributed by atoms with van der Waals surface area (Å²) in [5.74, 6) is -4.27. The smallest absolute Gasteiger partial charge is 0.393 e. The molecule has 0 radical (unpaired) electrons. The van der Waals surface area contributed by atoms with Crippen LogP contribution in [-0.4, -0.2) is 32.3 Å². The molecule has 0 aliphatic heterocycles.